The van der Waals surface area contributed by atoms with Crippen LogP contribution in [0.3, 0.4) is 0 Å². The highest BCUT2D eigenvalue weighted by Gasteiger charge is 2.52. The first-order chi connectivity index (χ1) is 19.1. The molecule has 0 atom stereocenters. The molecule has 0 aliphatic carbocycles. The highest BCUT2D eigenvalue weighted by Crippen LogP contribution is 2.52. The van der Waals surface area contributed by atoms with Gasteiger partial charge >= 0.3 is 12.2 Å². The molecule has 1 aromatic heterocycles. The molecule has 2 aliphatic rings. The fourth-order valence-corrected chi connectivity index (χ4v) is 5.88. The van der Waals surface area contributed by atoms with Crippen molar-refractivity contribution in [2.75, 3.05) is 31.1 Å². The number of aromatic nitrogens is 1. The van der Waals surface area contributed by atoms with E-state index in [4.69, 9.17) is 23.2 Å². The number of hydrogen-bond donors (Lipinski definition) is 1. The van der Waals surface area contributed by atoms with E-state index in [1.165, 1.54) is 17.2 Å². The lowest BCUT2D eigenvalue weighted by molar-refractivity contribution is -0.141. The Balaban J connectivity index is 1.36. The Morgan fingerprint density at radius 3 is 2.48 bits per heavy atom. The summed E-state index contributed by atoms with van der Waals surface area (Å²) in [5.74, 6) is -1.33. The topological polar surface area (TPSA) is 48.5 Å². The molecule has 2 aliphatic heterocycles. The predicted molar refractivity (Wildman–Crippen MR) is 148 cm³/mol. The number of carbonyl (C=O) groups is 1. The van der Waals surface area contributed by atoms with Crippen molar-refractivity contribution in [1.29, 1.82) is 0 Å². The molecule has 5 nitrogen and oxygen atoms in total. The Kier molecular flexibility index (Phi) is 8.08. The van der Waals surface area contributed by atoms with Gasteiger partial charge in [0.15, 0.2) is 0 Å². The number of alkyl halides is 3. The molecule has 1 spiro atoms. The second-order valence-corrected chi connectivity index (χ2v) is 10.9. The Hall–Kier alpha value is -3.14. The molecule has 1 fully saturated rings. The van der Waals surface area contributed by atoms with Crippen molar-refractivity contribution >= 4 is 41.0 Å². The van der Waals surface area contributed by atoms with Crippen molar-refractivity contribution in [3.05, 3.63) is 99.1 Å². The van der Waals surface area contributed by atoms with Crippen molar-refractivity contribution in [2.45, 2.75) is 31.0 Å². The minimum atomic E-state index is -4.90. The molecule has 0 radical (unpaired) electrons. The quantitative estimate of drug-likeness (QED) is 0.249. The number of amides is 2. The third kappa shape index (κ3) is 5.96. The van der Waals surface area contributed by atoms with Crippen molar-refractivity contribution in [2.24, 2.45) is 0 Å². The number of nitrogens with zero attached hydrogens (tertiary/aromatic N) is 3. The van der Waals surface area contributed by atoms with E-state index in [0.29, 0.717) is 43.1 Å². The van der Waals surface area contributed by atoms with Gasteiger partial charge in [0.25, 0.3) is 0 Å². The largest absolute Gasteiger partial charge is 0.419 e. The van der Waals surface area contributed by atoms with Crippen molar-refractivity contribution in [3.63, 3.8) is 0 Å². The van der Waals surface area contributed by atoms with Gasteiger partial charge in [0.2, 0.25) is 0 Å². The van der Waals surface area contributed by atoms with Gasteiger partial charge in [0, 0.05) is 36.3 Å². The highest BCUT2D eigenvalue weighted by molar-refractivity contribution is 6.30. The monoisotopic (exact) mass is 592 g/mol. The van der Waals surface area contributed by atoms with E-state index in [1.807, 2.05) is 24.3 Å². The maximum Gasteiger partial charge on any atom is 0.419 e. The Bertz CT molecular complexity index is 1420. The Morgan fingerprint density at radius 1 is 1.07 bits per heavy atom. The van der Waals surface area contributed by atoms with Crippen LogP contribution in [0.15, 0.2) is 60.8 Å². The van der Waals surface area contributed by atoms with Crippen molar-refractivity contribution < 1.29 is 22.4 Å². The van der Waals surface area contributed by atoms with Crippen LogP contribution >= 0.6 is 23.2 Å². The minimum Gasteiger partial charge on any atom is -0.334 e. The highest BCUT2D eigenvalue weighted by atomic mass is 35.5. The number of hydrogen-bond acceptors (Lipinski definition) is 3. The van der Waals surface area contributed by atoms with Gasteiger partial charge in [-0.1, -0.05) is 47.5 Å². The number of rotatable bonds is 5. The second-order valence-electron chi connectivity index (χ2n) is 10.1. The van der Waals surface area contributed by atoms with Gasteiger partial charge in [-0.15, -0.1) is 0 Å². The summed E-state index contributed by atoms with van der Waals surface area (Å²) in [6.45, 7) is 1.76. The first-order valence-electron chi connectivity index (χ1n) is 12.8. The molecule has 0 unspecified atom stereocenters. The van der Waals surface area contributed by atoms with Crippen LogP contribution in [0.1, 0.15) is 35.1 Å². The third-order valence-electron chi connectivity index (χ3n) is 7.53. The first kappa shape index (κ1) is 28.4. The van der Waals surface area contributed by atoms with Crippen LogP contribution in [0.5, 0.6) is 0 Å². The van der Waals surface area contributed by atoms with Gasteiger partial charge in [0.05, 0.1) is 11.3 Å². The van der Waals surface area contributed by atoms with Gasteiger partial charge < -0.3 is 5.32 Å². The lowest BCUT2D eigenvalue weighted by Gasteiger charge is -2.40. The van der Waals surface area contributed by atoms with Crippen LogP contribution in [-0.4, -0.2) is 42.1 Å². The summed E-state index contributed by atoms with van der Waals surface area (Å²) in [6, 6.07) is 12.2. The van der Waals surface area contributed by atoms with Gasteiger partial charge in [-0.05, 0) is 79.0 Å². The van der Waals surface area contributed by atoms with Crippen LogP contribution in [-0.2, 0) is 18.1 Å². The average Bonchev–Trinajstić information content (AvgIpc) is 3.22. The Labute approximate surface area is 239 Å². The van der Waals surface area contributed by atoms with Crippen molar-refractivity contribution in [1.82, 2.24) is 15.2 Å². The van der Waals surface area contributed by atoms with Crippen LogP contribution in [0, 0.1) is 5.82 Å². The van der Waals surface area contributed by atoms with E-state index in [0.717, 1.165) is 11.6 Å². The number of anilines is 1. The minimum absolute atomic E-state index is 0.0340. The molecule has 5 rings (SSSR count). The van der Waals surface area contributed by atoms with E-state index in [2.05, 4.69) is 15.2 Å². The summed E-state index contributed by atoms with van der Waals surface area (Å²) >= 11 is 11.8. The smallest absolute Gasteiger partial charge is 0.334 e. The van der Waals surface area contributed by atoms with Crippen LogP contribution < -0.4 is 10.2 Å². The number of carbonyl (C=O) groups excluding carboxylic acids is 1. The van der Waals surface area contributed by atoms with Crippen LogP contribution in [0.25, 0.3) is 6.08 Å². The average molecular weight is 593 g/mol. The molecule has 3 heterocycles. The molecular weight excluding hydrogens is 567 g/mol. The molecule has 2 amide bonds. The fourth-order valence-electron chi connectivity index (χ4n) is 5.56. The molecule has 0 bridgehead atoms. The normalized spacial score (nSPS) is 17.0. The first-order valence-corrected chi connectivity index (χ1v) is 13.5. The number of likely N-dealkylation sites (tertiary alicyclic amines) is 1. The predicted octanol–water partition coefficient (Wildman–Crippen LogP) is 7.32. The molecule has 0 saturated carbocycles. The maximum atomic E-state index is 14.8. The number of halogens is 6. The molecule has 210 valence electrons. The number of urea groups is 1. The lowest BCUT2D eigenvalue weighted by atomic mass is 9.72. The summed E-state index contributed by atoms with van der Waals surface area (Å²) < 4.78 is 57.4. The number of fused-ring (bicyclic) bond motifs is 2. The van der Waals surface area contributed by atoms with E-state index in [1.54, 1.807) is 24.3 Å². The zero-order valence-corrected chi connectivity index (χ0v) is 22.8. The molecule has 11 heteroatoms. The summed E-state index contributed by atoms with van der Waals surface area (Å²) in [4.78, 5) is 20.6. The lowest BCUT2D eigenvalue weighted by Crippen LogP contribution is -2.48. The SMILES string of the molecule is O=C(NCc1ccnc(Cl)c1)N1CC2(CCN(C/C=C/c3ccc(Cl)cc3)CC2)c2c1ccc(F)c2C(F)(F)F. The fraction of sp³-hybridized carbons (Fsp3) is 0.310. The molecule has 1 N–H and O–H groups in total. The molecular formula is C29H26Cl2F4N4O. The summed E-state index contributed by atoms with van der Waals surface area (Å²) in [5.41, 5.74) is -0.650. The number of benzene rings is 2. The van der Waals surface area contributed by atoms with Gasteiger partial charge in [-0.2, -0.15) is 13.2 Å². The maximum absolute atomic E-state index is 14.8. The molecule has 3 aromatic rings. The van der Waals surface area contributed by atoms with E-state index in [-0.39, 0.29) is 29.5 Å². The molecule has 2 aromatic carbocycles. The van der Waals surface area contributed by atoms with E-state index < -0.39 is 29.0 Å². The van der Waals surface area contributed by atoms with Gasteiger partial charge in [-0.25, -0.2) is 14.2 Å². The number of nitrogens with one attached hydrogen (secondary N) is 1. The van der Waals surface area contributed by atoms with Crippen LogP contribution in [0.4, 0.5) is 28.0 Å². The zero-order chi connectivity index (χ0) is 28.5. The zero-order valence-electron chi connectivity index (χ0n) is 21.3. The number of piperidine rings is 1. The van der Waals surface area contributed by atoms with Gasteiger partial charge in [-0.3, -0.25) is 9.80 Å². The third-order valence-corrected chi connectivity index (χ3v) is 7.99. The number of pyridine rings is 1. The molecule has 40 heavy (non-hydrogen) atoms. The van der Waals surface area contributed by atoms with E-state index >= 15 is 0 Å². The standard InChI is InChI=1S/C29H26Cl2F4N4O/c30-21-5-3-19(4-6-21)2-1-13-38-14-10-28(11-15-38)18-39(27(40)37-17-20-9-12-36-24(31)16-20)23-8-7-22(32)25(26(23)28)29(33,34)35/h1-9,12,16H,10-11,13-15,17-18H2,(H,37,40)/b2-1+. The summed E-state index contributed by atoms with van der Waals surface area (Å²) in [5, 5.41) is 3.67. The van der Waals surface area contributed by atoms with Crippen molar-refractivity contribution in [3.8, 4) is 0 Å². The van der Waals surface area contributed by atoms with E-state index in [9.17, 15) is 22.4 Å². The van der Waals surface area contributed by atoms with Gasteiger partial charge in [0.1, 0.15) is 11.0 Å². The second kappa shape index (κ2) is 11.4. The van der Waals surface area contributed by atoms with Crippen LogP contribution in [0.2, 0.25) is 10.2 Å². The summed E-state index contributed by atoms with van der Waals surface area (Å²) in [7, 11) is 0. The molecule has 1 saturated heterocycles. The summed E-state index contributed by atoms with van der Waals surface area (Å²) in [6.07, 6.45) is 1.26. The Morgan fingerprint density at radius 2 is 1.80 bits per heavy atom.